The fraction of sp³-hybridized carbons (Fsp3) is 0.103. The number of nitrogens with one attached hydrogen (secondary N) is 1. The van der Waals surface area contributed by atoms with Gasteiger partial charge in [0.1, 0.15) is 28.9 Å². The van der Waals surface area contributed by atoms with Crippen molar-refractivity contribution >= 4 is 16.7 Å². The largest absolute Gasteiger partial charge is 0.496 e. The third-order valence-electron chi connectivity index (χ3n) is 6.11. The number of amides is 1. The van der Waals surface area contributed by atoms with Gasteiger partial charge in [0.2, 0.25) is 5.88 Å². The van der Waals surface area contributed by atoms with E-state index in [1.165, 1.54) is 7.11 Å². The standard InChI is InChI=1S/C29H22N2O4/c1-33-24-13-7-5-11-20(24)26-22-16-15-18-9-3-4-10-19(18)27(22)35-29(23(26)17-30)31-28(32)21-12-6-8-14-25(21)34-2/h3-16,26H,1-2H3,(H,31,32). The Morgan fingerprint density at radius 3 is 2.31 bits per heavy atom. The minimum atomic E-state index is -0.502. The summed E-state index contributed by atoms with van der Waals surface area (Å²) in [6.07, 6.45) is 0. The second-order valence-corrected chi connectivity index (χ2v) is 7.99. The number of rotatable bonds is 5. The van der Waals surface area contributed by atoms with Crippen LogP contribution in [0.3, 0.4) is 0 Å². The third kappa shape index (κ3) is 3.83. The maximum absolute atomic E-state index is 13.3. The zero-order chi connectivity index (χ0) is 24.4. The van der Waals surface area contributed by atoms with Gasteiger partial charge in [0.25, 0.3) is 5.91 Å². The van der Waals surface area contributed by atoms with Gasteiger partial charge in [-0.3, -0.25) is 10.1 Å². The lowest BCUT2D eigenvalue weighted by atomic mass is 9.82. The second kappa shape index (κ2) is 9.24. The predicted octanol–water partition coefficient (Wildman–Crippen LogP) is 5.55. The number of ether oxygens (including phenoxy) is 3. The normalized spacial score (nSPS) is 14.5. The molecular formula is C29H22N2O4. The number of para-hydroxylation sites is 2. The van der Waals surface area contributed by atoms with Gasteiger partial charge in [-0.1, -0.05) is 66.7 Å². The molecule has 0 saturated heterocycles. The first kappa shape index (κ1) is 22.1. The van der Waals surface area contributed by atoms with E-state index in [-0.39, 0.29) is 11.5 Å². The predicted molar refractivity (Wildman–Crippen MR) is 133 cm³/mol. The van der Waals surface area contributed by atoms with E-state index in [2.05, 4.69) is 11.4 Å². The van der Waals surface area contributed by atoms with Crippen LogP contribution in [0.15, 0.2) is 96.4 Å². The monoisotopic (exact) mass is 462 g/mol. The lowest BCUT2D eigenvalue weighted by molar-refractivity contribution is 0.0945. The van der Waals surface area contributed by atoms with E-state index in [0.29, 0.717) is 22.8 Å². The molecular weight excluding hydrogens is 440 g/mol. The summed E-state index contributed by atoms with van der Waals surface area (Å²) in [7, 11) is 3.10. The SMILES string of the molecule is COc1ccccc1C(=O)NC1=C(C#N)C(c2ccccc2OC)c2ccc3ccccc3c2O1. The third-order valence-corrected chi connectivity index (χ3v) is 6.11. The van der Waals surface area contributed by atoms with Crippen molar-refractivity contribution in [1.82, 2.24) is 5.32 Å². The van der Waals surface area contributed by atoms with Crippen molar-refractivity contribution in [3.63, 3.8) is 0 Å². The van der Waals surface area contributed by atoms with Crippen LogP contribution in [0.4, 0.5) is 0 Å². The molecule has 1 heterocycles. The van der Waals surface area contributed by atoms with Gasteiger partial charge in [-0.25, -0.2) is 0 Å². The maximum Gasteiger partial charge on any atom is 0.261 e. The summed E-state index contributed by atoms with van der Waals surface area (Å²) in [6, 6.07) is 28.5. The molecule has 0 aromatic heterocycles. The minimum absolute atomic E-state index is 0.0863. The Bertz CT molecular complexity index is 1520. The molecule has 1 amide bonds. The molecule has 4 aromatic carbocycles. The number of carbonyl (C=O) groups excluding carboxylic acids is 1. The highest BCUT2D eigenvalue weighted by Crippen LogP contribution is 2.47. The highest BCUT2D eigenvalue weighted by molar-refractivity contribution is 5.98. The van der Waals surface area contributed by atoms with Crippen molar-refractivity contribution in [1.29, 1.82) is 5.26 Å². The summed E-state index contributed by atoms with van der Waals surface area (Å²) in [4.78, 5) is 13.3. The molecule has 0 spiro atoms. The number of hydrogen-bond donors (Lipinski definition) is 1. The van der Waals surface area contributed by atoms with Crippen LogP contribution in [0.25, 0.3) is 10.8 Å². The van der Waals surface area contributed by atoms with Crippen LogP contribution in [0, 0.1) is 11.3 Å². The summed E-state index contributed by atoms with van der Waals surface area (Å²) >= 11 is 0. The fourth-order valence-corrected chi connectivity index (χ4v) is 4.48. The smallest absolute Gasteiger partial charge is 0.261 e. The van der Waals surface area contributed by atoms with Crippen LogP contribution >= 0.6 is 0 Å². The van der Waals surface area contributed by atoms with E-state index < -0.39 is 11.8 Å². The maximum atomic E-state index is 13.3. The Hall–Kier alpha value is -4.76. The number of allylic oxidation sites excluding steroid dienone is 1. The molecule has 1 N–H and O–H groups in total. The minimum Gasteiger partial charge on any atom is -0.496 e. The molecule has 1 aliphatic heterocycles. The van der Waals surface area contributed by atoms with Gasteiger partial charge in [0.15, 0.2) is 0 Å². The number of nitriles is 1. The van der Waals surface area contributed by atoms with Gasteiger partial charge in [0, 0.05) is 16.5 Å². The van der Waals surface area contributed by atoms with Crippen LogP contribution in [-0.4, -0.2) is 20.1 Å². The second-order valence-electron chi connectivity index (χ2n) is 7.99. The first-order valence-corrected chi connectivity index (χ1v) is 11.1. The highest BCUT2D eigenvalue weighted by atomic mass is 16.5. The summed E-state index contributed by atoms with van der Waals surface area (Å²) in [5.41, 5.74) is 2.23. The van der Waals surface area contributed by atoms with E-state index in [9.17, 15) is 10.1 Å². The lowest BCUT2D eigenvalue weighted by Crippen LogP contribution is -2.31. The molecule has 1 unspecified atom stereocenters. The van der Waals surface area contributed by atoms with Gasteiger partial charge >= 0.3 is 0 Å². The Morgan fingerprint density at radius 1 is 0.857 bits per heavy atom. The Kier molecular flexibility index (Phi) is 5.82. The van der Waals surface area contributed by atoms with E-state index in [1.807, 2.05) is 60.7 Å². The molecule has 6 nitrogen and oxygen atoms in total. The number of fused-ring (bicyclic) bond motifs is 3. The molecule has 1 aliphatic rings. The Morgan fingerprint density at radius 2 is 1.54 bits per heavy atom. The zero-order valence-electron chi connectivity index (χ0n) is 19.2. The molecule has 4 aromatic rings. The van der Waals surface area contributed by atoms with Gasteiger partial charge in [-0.2, -0.15) is 5.26 Å². The van der Waals surface area contributed by atoms with Crippen LogP contribution < -0.4 is 19.5 Å². The van der Waals surface area contributed by atoms with Crippen LogP contribution in [0.1, 0.15) is 27.4 Å². The topological polar surface area (TPSA) is 80.6 Å². The van der Waals surface area contributed by atoms with Gasteiger partial charge < -0.3 is 14.2 Å². The average Bonchev–Trinajstić information content (AvgIpc) is 2.92. The summed E-state index contributed by atoms with van der Waals surface area (Å²) in [5.74, 6) is 0.801. The number of nitrogens with zero attached hydrogens (tertiary/aromatic N) is 1. The van der Waals surface area contributed by atoms with Crippen LogP contribution in [0.5, 0.6) is 17.2 Å². The molecule has 1 atom stereocenters. The van der Waals surface area contributed by atoms with Crippen molar-refractivity contribution in [3.05, 3.63) is 113 Å². The van der Waals surface area contributed by atoms with Crippen LogP contribution in [-0.2, 0) is 0 Å². The molecule has 0 bridgehead atoms. The van der Waals surface area contributed by atoms with Crippen molar-refractivity contribution in [2.75, 3.05) is 14.2 Å². The first-order chi connectivity index (χ1) is 17.2. The lowest BCUT2D eigenvalue weighted by Gasteiger charge is -2.30. The molecule has 0 aliphatic carbocycles. The zero-order valence-corrected chi connectivity index (χ0v) is 19.2. The average molecular weight is 463 g/mol. The first-order valence-electron chi connectivity index (χ1n) is 11.1. The fourth-order valence-electron chi connectivity index (χ4n) is 4.48. The molecule has 0 fully saturated rings. The molecule has 0 saturated carbocycles. The van der Waals surface area contributed by atoms with Crippen molar-refractivity contribution in [2.24, 2.45) is 0 Å². The van der Waals surface area contributed by atoms with Crippen molar-refractivity contribution in [3.8, 4) is 23.3 Å². The molecule has 0 radical (unpaired) electrons. The van der Waals surface area contributed by atoms with Gasteiger partial charge in [-0.15, -0.1) is 0 Å². The summed E-state index contributed by atoms with van der Waals surface area (Å²) < 4.78 is 17.3. The van der Waals surface area contributed by atoms with Crippen molar-refractivity contribution in [2.45, 2.75) is 5.92 Å². The molecule has 35 heavy (non-hydrogen) atoms. The number of carbonyl (C=O) groups is 1. The molecule has 6 heteroatoms. The number of benzene rings is 4. The Balaban J connectivity index is 1.71. The van der Waals surface area contributed by atoms with Crippen molar-refractivity contribution < 1.29 is 19.0 Å². The summed E-state index contributed by atoms with van der Waals surface area (Å²) in [5, 5.41) is 15.0. The number of hydrogen-bond acceptors (Lipinski definition) is 5. The Labute approximate surface area is 203 Å². The van der Waals surface area contributed by atoms with E-state index in [4.69, 9.17) is 14.2 Å². The number of methoxy groups -OCH3 is 2. The van der Waals surface area contributed by atoms with Gasteiger partial charge in [0.05, 0.1) is 25.7 Å². The molecule has 5 rings (SSSR count). The van der Waals surface area contributed by atoms with E-state index >= 15 is 0 Å². The van der Waals surface area contributed by atoms with E-state index in [0.717, 1.165) is 21.9 Å². The van der Waals surface area contributed by atoms with E-state index in [1.54, 1.807) is 31.4 Å². The summed E-state index contributed by atoms with van der Waals surface area (Å²) in [6.45, 7) is 0. The quantitative estimate of drug-likeness (QED) is 0.421. The molecule has 172 valence electrons. The van der Waals surface area contributed by atoms with Crippen LogP contribution in [0.2, 0.25) is 0 Å². The van der Waals surface area contributed by atoms with Gasteiger partial charge in [-0.05, 0) is 23.6 Å². The highest BCUT2D eigenvalue weighted by Gasteiger charge is 2.35.